The summed E-state index contributed by atoms with van der Waals surface area (Å²) in [5.74, 6) is -1.50. The van der Waals surface area contributed by atoms with Gasteiger partial charge in [0.2, 0.25) is 0 Å². The van der Waals surface area contributed by atoms with E-state index in [2.05, 4.69) is 32.6 Å². The molecular formula is C63H117NO11. The van der Waals surface area contributed by atoms with Crippen molar-refractivity contribution in [1.82, 2.24) is 4.90 Å². The van der Waals surface area contributed by atoms with Crippen molar-refractivity contribution >= 4 is 30.0 Å². The number of nitrogens with zero attached hydrogens (tertiary/aromatic N) is 1. The fraction of sp³-hybridized carbons (Fsp3) is 0.921. The molecule has 0 unspecified atom stereocenters. The van der Waals surface area contributed by atoms with Gasteiger partial charge >= 0.3 is 30.0 Å². The molecule has 0 aromatic carbocycles. The van der Waals surface area contributed by atoms with Crippen molar-refractivity contribution in [3.8, 4) is 0 Å². The zero-order chi connectivity index (χ0) is 54.5. The first-order chi connectivity index (χ1) is 36.7. The number of piperidine rings is 1. The van der Waals surface area contributed by atoms with Gasteiger partial charge in [-0.15, -0.1) is 0 Å². The molecule has 0 N–H and O–H groups in total. The van der Waals surface area contributed by atoms with E-state index in [-0.39, 0.29) is 75.4 Å². The molecule has 1 saturated heterocycles. The van der Waals surface area contributed by atoms with Gasteiger partial charge < -0.3 is 33.3 Å². The molecule has 0 amide bonds. The number of rotatable bonds is 54. The van der Waals surface area contributed by atoms with Gasteiger partial charge in [-0.3, -0.25) is 19.2 Å². The van der Waals surface area contributed by atoms with Gasteiger partial charge in [0.1, 0.15) is 32.0 Å². The van der Waals surface area contributed by atoms with E-state index in [1.807, 2.05) is 0 Å². The molecule has 1 fully saturated rings. The van der Waals surface area contributed by atoms with E-state index >= 15 is 0 Å². The third kappa shape index (κ3) is 46.9. The maximum Gasteiger partial charge on any atom is 0.508 e. The van der Waals surface area contributed by atoms with Crippen LogP contribution in [0, 0.1) is 5.92 Å². The van der Waals surface area contributed by atoms with Crippen molar-refractivity contribution in [3.05, 3.63) is 0 Å². The SMILES string of the molecule is CCCCCCCCC(CCCCCCCC)OC(=O)CCCCCCC(=O)OCC(COC(=O)CCCCCCC(=O)OC(CCCCCCCC)CCCCCCCC)COC(=O)OCCCN1CCCCC1. The number of hydrogen-bond acceptors (Lipinski definition) is 12. The molecule has 0 bridgehead atoms. The van der Waals surface area contributed by atoms with Crippen LogP contribution in [0.25, 0.3) is 0 Å². The predicted molar refractivity (Wildman–Crippen MR) is 305 cm³/mol. The van der Waals surface area contributed by atoms with Crippen LogP contribution in [-0.4, -0.2) is 93.2 Å². The molecule has 0 aliphatic carbocycles. The second-order valence-electron chi connectivity index (χ2n) is 22.2. The highest BCUT2D eigenvalue weighted by molar-refractivity contribution is 5.70. The fourth-order valence-electron chi connectivity index (χ4n) is 9.97. The molecule has 1 rings (SSSR count). The third-order valence-electron chi connectivity index (χ3n) is 14.8. The average molecular weight is 1060 g/mol. The van der Waals surface area contributed by atoms with E-state index in [0.717, 1.165) is 116 Å². The Morgan fingerprint density at radius 3 is 1.04 bits per heavy atom. The lowest BCUT2D eigenvalue weighted by Gasteiger charge is -2.26. The van der Waals surface area contributed by atoms with Crippen LogP contribution >= 0.6 is 0 Å². The number of likely N-dealkylation sites (tertiary alicyclic amines) is 1. The maximum absolute atomic E-state index is 12.9. The summed E-state index contributed by atoms with van der Waals surface area (Å²) in [6, 6.07) is 0. The smallest absolute Gasteiger partial charge is 0.465 e. The van der Waals surface area contributed by atoms with E-state index in [0.29, 0.717) is 25.7 Å². The van der Waals surface area contributed by atoms with Gasteiger partial charge in [-0.05, 0) is 109 Å². The van der Waals surface area contributed by atoms with E-state index < -0.39 is 12.1 Å². The molecule has 12 heteroatoms. The number of unbranched alkanes of at least 4 members (excludes halogenated alkanes) is 26. The molecule has 0 aromatic heterocycles. The Morgan fingerprint density at radius 2 is 0.667 bits per heavy atom. The van der Waals surface area contributed by atoms with Crippen LogP contribution < -0.4 is 0 Å². The van der Waals surface area contributed by atoms with E-state index in [1.54, 1.807) is 0 Å². The Hall–Kier alpha value is -2.89. The van der Waals surface area contributed by atoms with Gasteiger partial charge in [0.05, 0.1) is 12.5 Å². The topological polar surface area (TPSA) is 144 Å². The molecule has 1 heterocycles. The molecule has 0 aromatic rings. The number of carbonyl (C=O) groups is 5. The number of esters is 4. The molecule has 12 nitrogen and oxygen atoms in total. The molecule has 1 aliphatic rings. The van der Waals surface area contributed by atoms with Crippen LogP contribution in [0.15, 0.2) is 0 Å². The summed E-state index contributed by atoms with van der Waals surface area (Å²) in [5.41, 5.74) is 0. The summed E-state index contributed by atoms with van der Waals surface area (Å²) < 4.78 is 34.0. The minimum atomic E-state index is -0.790. The predicted octanol–water partition coefficient (Wildman–Crippen LogP) is 17.2. The monoisotopic (exact) mass is 1060 g/mol. The fourth-order valence-corrected chi connectivity index (χ4v) is 9.97. The van der Waals surface area contributed by atoms with Crippen molar-refractivity contribution in [3.63, 3.8) is 0 Å². The van der Waals surface area contributed by atoms with Crippen LogP contribution in [-0.2, 0) is 47.6 Å². The molecule has 0 radical (unpaired) electrons. The Morgan fingerprint density at radius 1 is 0.347 bits per heavy atom. The van der Waals surface area contributed by atoms with Crippen molar-refractivity contribution in [2.24, 2.45) is 5.92 Å². The molecule has 0 spiro atoms. The Kier molecular flexibility index (Phi) is 49.7. The van der Waals surface area contributed by atoms with Crippen LogP contribution in [0.1, 0.15) is 310 Å². The Bertz CT molecular complexity index is 1230. The summed E-state index contributed by atoms with van der Waals surface area (Å²) in [7, 11) is 0. The first-order valence-corrected chi connectivity index (χ1v) is 31.9. The highest BCUT2D eigenvalue weighted by Crippen LogP contribution is 2.21. The number of carbonyl (C=O) groups excluding carboxylic acids is 5. The summed E-state index contributed by atoms with van der Waals surface area (Å²) in [4.78, 5) is 66.3. The lowest BCUT2D eigenvalue weighted by molar-refractivity contribution is -0.151. The Labute approximate surface area is 460 Å². The molecule has 0 saturated carbocycles. The minimum absolute atomic E-state index is 0.0134. The normalized spacial score (nSPS) is 12.9. The van der Waals surface area contributed by atoms with Crippen molar-refractivity contribution in [2.45, 2.75) is 322 Å². The third-order valence-corrected chi connectivity index (χ3v) is 14.8. The summed E-state index contributed by atoms with van der Waals surface area (Å²) in [6.07, 6.45) is 44.1. The largest absolute Gasteiger partial charge is 0.508 e. The van der Waals surface area contributed by atoms with E-state index in [9.17, 15) is 24.0 Å². The highest BCUT2D eigenvalue weighted by atomic mass is 16.7. The second kappa shape index (κ2) is 53.1. The van der Waals surface area contributed by atoms with Crippen LogP contribution in [0.5, 0.6) is 0 Å². The van der Waals surface area contributed by atoms with Gasteiger partial charge in [-0.25, -0.2) is 4.79 Å². The van der Waals surface area contributed by atoms with Crippen LogP contribution in [0.2, 0.25) is 0 Å². The van der Waals surface area contributed by atoms with Crippen molar-refractivity contribution < 1.29 is 52.4 Å². The summed E-state index contributed by atoms with van der Waals surface area (Å²) in [5, 5.41) is 0. The Balaban J connectivity index is 2.51. The van der Waals surface area contributed by atoms with Crippen LogP contribution in [0.3, 0.4) is 0 Å². The zero-order valence-electron chi connectivity index (χ0n) is 49.2. The zero-order valence-corrected chi connectivity index (χ0v) is 49.2. The highest BCUT2D eigenvalue weighted by Gasteiger charge is 2.20. The standard InChI is InChI=1S/C63H117NO11/c1-5-9-13-17-21-30-41-57(42-31-22-18-14-10-6-2)74-61(67)47-36-27-25-34-45-59(65)71-53-56(55-73-63(69)70-52-40-51-64-49-38-29-39-50-64)54-72-60(66)46-35-26-28-37-48-62(68)75-58(43-32-23-19-15-11-7-3)44-33-24-20-16-12-8-4/h56-58H,5-55H2,1-4H3. The average Bonchev–Trinajstić information content (AvgIpc) is 3.41. The quantitative estimate of drug-likeness (QED) is 0.0325. The first-order valence-electron chi connectivity index (χ1n) is 31.9. The minimum Gasteiger partial charge on any atom is -0.465 e. The summed E-state index contributed by atoms with van der Waals surface area (Å²) >= 11 is 0. The summed E-state index contributed by atoms with van der Waals surface area (Å²) in [6.45, 7) is 12.0. The van der Waals surface area contributed by atoms with Gasteiger partial charge in [0.25, 0.3) is 0 Å². The lowest BCUT2D eigenvalue weighted by Crippen LogP contribution is -2.31. The lowest BCUT2D eigenvalue weighted by atomic mass is 10.0. The maximum atomic E-state index is 12.9. The number of ether oxygens (including phenoxy) is 6. The molecule has 75 heavy (non-hydrogen) atoms. The van der Waals surface area contributed by atoms with Crippen molar-refractivity contribution in [1.29, 1.82) is 0 Å². The van der Waals surface area contributed by atoms with Gasteiger partial charge in [-0.2, -0.15) is 0 Å². The second-order valence-corrected chi connectivity index (χ2v) is 22.2. The number of hydrogen-bond donors (Lipinski definition) is 0. The van der Waals surface area contributed by atoms with E-state index in [1.165, 1.54) is 148 Å². The van der Waals surface area contributed by atoms with Crippen molar-refractivity contribution in [2.75, 3.05) is 46.1 Å². The first kappa shape index (κ1) is 70.1. The molecular weight excluding hydrogens is 947 g/mol. The molecule has 440 valence electrons. The molecule has 1 aliphatic heterocycles. The van der Waals surface area contributed by atoms with E-state index in [4.69, 9.17) is 28.4 Å². The van der Waals surface area contributed by atoms with Gasteiger partial charge in [0.15, 0.2) is 0 Å². The van der Waals surface area contributed by atoms with Gasteiger partial charge in [-0.1, -0.05) is 188 Å². The van der Waals surface area contributed by atoms with Gasteiger partial charge in [0, 0.05) is 32.2 Å². The molecule has 0 atom stereocenters. The van der Waals surface area contributed by atoms with Crippen LogP contribution in [0.4, 0.5) is 4.79 Å².